The number of hydrogen-bond acceptors (Lipinski definition) is 1. The summed E-state index contributed by atoms with van der Waals surface area (Å²) < 4.78 is 15.3. The molecule has 1 aromatic heterocycles. The Morgan fingerprint density at radius 3 is 2.24 bits per heavy atom. The van der Waals surface area contributed by atoms with Crippen molar-refractivity contribution >= 4 is 22.5 Å². The van der Waals surface area contributed by atoms with Gasteiger partial charge >= 0.3 is 0 Å². The highest BCUT2D eigenvalue weighted by Crippen LogP contribution is 2.27. The zero-order chi connectivity index (χ0) is 17.4. The smallest absolute Gasteiger partial charge is 0.190 e. The van der Waals surface area contributed by atoms with E-state index in [1.54, 1.807) is 36.4 Å². The second-order valence-electron chi connectivity index (χ2n) is 5.73. The molecule has 4 rings (SSSR count). The van der Waals surface area contributed by atoms with Gasteiger partial charge in [-0.05, 0) is 54.1 Å². The van der Waals surface area contributed by atoms with E-state index in [1.807, 2.05) is 34.9 Å². The minimum absolute atomic E-state index is 0.0566. The molecule has 0 aliphatic carbocycles. The largest absolute Gasteiger partial charge is 0.309 e. The van der Waals surface area contributed by atoms with Crippen molar-refractivity contribution in [3.05, 3.63) is 99.9 Å². The fraction of sp³-hybridized carbons (Fsp3) is 0. The van der Waals surface area contributed by atoms with E-state index in [1.165, 1.54) is 12.1 Å². The van der Waals surface area contributed by atoms with E-state index in [-0.39, 0.29) is 11.2 Å². The van der Waals surface area contributed by atoms with E-state index in [0.29, 0.717) is 10.4 Å². The van der Waals surface area contributed by atoms with Gasteiger partial charge in [0.15, 0.2) is 5.43 Å². The van der Waals surface area contributed by atoms with Gasteiger partial charge in [-0.1, -0.05) is 35.9 Å². The summed E-state index contributed by atoms with van der Waals surface area (Å²) in [5, 5.41) is 1.24. The maximum absolute atomic E-state index is 13.4. The Balaban J connectivity index is 2.11. The zero-order valence-corrected chi connectivity index (χ0v) is 13.9. The molecule has 0 fully saturated rings. The molecule has 0 atom stereocenters. The molecule has 4 heteroatoms. The molecule has 0 saturated carbocycles. The molecule has 0 aliphatic heterocycles. The maximum atomic E-state index is 13.4. The normalized spacial score (nSPS) is 11.0. The van der Waals surface area contributed by atoms with E-state index in [2.05, 4.69) is 0 Å². The zero-order valence-electron chi connectivity index (χ0n) is 13.1. The van der Waals surface area contributed by atoms with Gasteiger partial charge in [0.1, 0.15) is 5.82 Å². The van der Waals surface area contributed by atoms with Crippen LogP contribution in [-0.4, -0.2) is 4.57 Å². The van der Waals surface area contributed by atoms with Crippen molar-refractivity contribution in [2.24, 2.45) is 0 Å². The molecule has 122 valence electrons. The van der Waals surface area contributed by atoms with Crippen molar-refractivity contribution in [1.29, 1.82) is 0 Å². The van der Waals surface area contributed by atoms with Gasteiger partial charge in [-0.2, -0.15) is 0 Å². The van der Waals surface area contributed by atoms with Gasteiger partial charge in [-0.15, -0.1) is 0 Å². The van der Waals surface area contributed by atoms with Gasteiger partial charge in [0.25, 0.3) is 0 Å². The molecule has 4 aromatic rings. The molecular weight excluding hydrogens is 337 g/mol. The second-order valence-corrected chi connectivity index (χ2v) is 6.17. The third-order valence-electron chi connectivity index (χ3n) is 4.14. The molecular formula is C21H13ClFNO. The van der Waals surface area contributed by atoms with Crippen LogP contribution < -0.4 is 5.43 Å². The summed E-state index contributed by atoms with van der Waals surface area (Å²) in [4.78, 5) is 12.6. The summed E-state index contributed by atoms with van der Waals surface area (Å²) in [6.45, 7) is 0. The molecule has 0 radical (unpaired) electrons. The number of pyridine rings is 1. The second kappa shape index (κ2) is 6.19. The Kier molecular flexibility index (Phi) is 3.86. The molecule has 0 amide bonds. The quantitative estimate of drug-likeness (QED) is 0.471. The van der Waals surface area contributed by atoms with Gasteiger partial charge in [0.2, 0.25) is 0 Å². The molecule has 2 nitrogen and oxygen atoms in total. The first kappa shape index (κ1) is 15.6. The van der Waals surface area contributed by atoms with Crippen molar-refractivity contribution in [3.63, 3.8) is 0 Å². The molecule has 25 heavy (non-hydrogen) atoms. The van der Waals surface area contributed by atoms with Crippen molar-refractivity contribution in [3.8, 4) is 16.9 Å². The monoisotopic (exact) mass is 349 g/mol. The van der Waals surface area contributed by atoms with Crippen LogP contribution in [0.1, 0.15) is 0 Å². The fourth-order valence-electron chi connectivity index (χ4n) is 2.97. The summed E-state index contributed by atoms with van der Waals surface area (Å²) in [7, 11) is 0. The third-order valence-corrected chi connectivity index (χ3v) is 4.40. The number of nitrogens with zero attached hydrogens (tertiary/aromatic N) is 1. The van der Waals surface area contributed by atoms with Gasteiger partial charge in [0.05, 0.1) is 11.2 Å². The maximum Gasteiger partial charge on any atom is 0.190 e. The highest BCUT2D eigenvalue weighted by molar-refractivity contribution is 6.30. The Hall–Kier alpha value is -2.91. The minimum atomic E-state index is -0.304. The van der Waals surface area contributed by atoms with Gasteiger partial charge in [-0.25, -0.2) is 4.39 Å². The average Bonchev–Trinajstić information content (AvgIpc) is 2.63. The number of halogens is 2. The van der Waals surface area contributed by atoms with Crippen molar-refractivity contribution in [1.82, 2.24) is 4.57 Å². The first-order valence-corrected chi connectivity index (χ1v) is 8.18. The van der Waals surface area contributed by atoms with Crippen LogP contribution in [0, 0.1) is 5.82 Å². The average molecular weight is 350 g/mol. The van der Waals surface area contributed by atoms with Crippen LogP contribution in [0.4, 0.5) is 4.39 Å². The van der Waals surface area contributed by atoms with Crippen LogP contribution in [-0.2, 0) is 0 Å². The number of aromatic nitrogens is 1. The van der Waals surface area contributed by atoms with Gasteiger partial charge in [0, 0.05) is 22.2 Å². The van der Waals surface area contributed by atoms with E-state index >= 15 is 0 Å². The first-order valence-electron chi connectivity index (χ1n) is 7.80. The summed E-state index contributed by atoms with van der Waals surface area (Å²) >= 11 is 5.99. The highest BCUT2D eigenvalue weighted by atomic mass is 35.5. The first-order chi connectivity index (χ1) is 12.1. The highest BCUT2D eigenvalue weighted by Gasteiger charge is 2.12. The molecule has 0 unspecified atom stereocenters. The minimum Gasteiger partial charge on any atom is -0.309 e. The number of hydrogen-bond donors (Lipinski definition) is 0. The summed E-state index contributed by atoms with van der Waals surface area (Å²) in [6, 6.07) is 22.5. The van der Waals surface area contributed by atoms with Crippen molar-refractivity contribution in [2.75, 3.05) is 0 Å². The van der Waals surface area contributed by atoms with E-state index in [0.717, 1.165) is 22.5 Å². The molecule has 0 spiro atoms. The predicted octanol–water partition coefficient (Wildman–Crippen LogP) is 5.45. The Morgan fingerprint density at radius 2 is 1.52 bits per heavy atom. The standard InChI is InChI=1S/C21H13ClFNO/c22-15-7-5-14(6-8-15)20-13-21(25)18-3-1-2-4-19(18)24(20)17-11-9-16(23)10-12-17/h1-13H. The number of rotatable bonds is 2. The molecule has 3 aromatic carbocycles. The molecule has 0 saturated heterocycles. The predicted molar refractivity (Wildman–Crippen MR) is 99.9 cm³/mol. The van der Waals surface area contributed by atoms with Crippen molar-refractivity contribution in [2.45, 2.75) is 0 Å². The Morgan fingerprint density at radius 1 is 0.840 bits per heavy atom. The Bertz CT molecular complexity index is 1120. The van der Waals surface area contributed by atoms with Crippen LogP contribution in [0.2, 0.25) is 5.02 Å². The van der Waals surface area contributed by atoms with E-state index in [4.69, 9.17) is 11.6 Å². The van der Waals surface area contributed by atoms with Crippen LogP contribution in [0.3, 0.4) is 0 Å². The molecule has 0 aliphatic rings. The topological polar surface area (TPSA) is 22.0 Å². The van der Waals surface area contributed by atoms with Gasteiger partial charge in [-0.3, -0.25) is 4.79 Å². The number of fused-ring (bicyclic) bond motifs is 1. The van der Waals surface area contributed by atoms with E-state index in [9.17, 15) is 9.18 Å². The van der Waals surface area contributed by atoms with Crippen LogP contribution in [0.25, 0.3) is 27.8 Å². The Labute approximate surface area is 148 Å². The van der Waals surface area contributed by atoms with Gasteiger partial charge < -0.3 is 4.57 Å². The van der Waals surface area contributed by atoms with Crippen LogP contribution >= 0.6 is 11.6 Å². The lowest BCUT2D eigenvalue weighted by atomic mass is 10.1. The third kappa shape index (κ3) is 2.83. The summed E-state index contributed by atoms with van der Waals surface area (Å²) in [5.74, 6) is -0.304. The lowest BCUT2D eigenvalue weighted by molar-refractivity contribution is 0.627. The van der Waals surface area contributed by atoms with Crippen LogP contribution in [0.15, 0.2) is 83.7 Å². The summed E-state index contributed by atoms with van der Waals surface area (Å²) in [5.41, 5.74) is 3.08. The SMILES string of the molecule is O=c1cc(-c2ccc(Cl)cc2)n(-c2ccc(F)cc2)c2ccccc12. The number of benzene rings is 3. The summed E-state index contributed by atoms with van der Waals surface area (Å²) in [6.07, 6.45) is 0. The number of para-hydroxylation sites is 1. The molecule has 0 bridgehead atoms. The lowest BCUT2D eigenvalue weighted by Gasteiger charge is -2.17. The lowest BCUT2D eigenvalue weighted by Crippen LogP contribution is -2.10. The molecule has 0 N–H and O–H groups in total. The van der Waals surface area contributed by atoms with E-state index < -0.39 is 0 Å². The fourth-order valence-corrected chi connectivity index (χ4v) is 3.10. The molecule has 1 heterocycles. The van der Waals surface area contributed by atoms with Crippen LogP contribution in [0.5, 0.6) is 0 Å². The van der Waals surface area contributed by atoms with Crippen molar-refractivity contribution < 1.29 is 4.39 Å².